The lowest BCUT2D eigenvalue weighted by molar-refractivity contribution is -0.139. The summed E-state index contributed by atoms with van der Waals surface area (Å²) in [6.45, 7) is -0.623. The van der Waals surface area contributed by atoms with Crippen molar-refractivity contribution in [2.75, 3.05) is 12.3 Å². The van der Waals surface area contributed by atoms with Gasteiger partial charge in [-0.3, -0.25) is 19.2 Å². The van der Waals surface area contributed by atoms with Crippen molar-refractivity contribution in [3.05, 3.63) is 59.7 Å². The second-order valence-electron chi connectivity index (χ2n) is 8.09. The number of hydrogen-bond donors (Lipinski definition) is 6. The first-order chi connectivity index (χ1) is 16.7. The first-order valence-corrected chi connectivity index (χ1v) is 12.0. The van der Waals surface area contributed by atoms with Crippen LogP contribution < -0.4 is 16.4 Å². The number of carboxylic acid groups (broad SMARTS) is 2. The van der Waals surface area contributed by atoms with Gasteiger partial charge in [0.25, 0.3) is 0 Å². The van der Waals surface area contributed by atoms with Gasteiger partial charge in [-0.15, -0.1) is 11.8 Å². The second kappa shape index (κ2) is 11.8. The molecule has 2 amide bonds. The second-order valence-corrected chi connectivity index (χ2v) is 9.26. The van der Waals surface area contributed by atoms with E-state index >= 15 is 0 Å². The van der Waals surface area contributed by atoms with Gasteiger partial charge in [-0.25, -0.2) is 0 Å². The summed E-state index contributed by atoms with van der Waals surface area (Å²) in [4.78, 5) is 46.8. The van der Waals surface area contributed by atoms with Gasteiger partial charge >= 0.3 is 11.9 Å². The molecule has 1 aliphatic rings. The number of nitrogens with one attached hydrogen (secondary N) is 2. The molecule has 10 nitrogen and oxygen atoms in total. The fourth-order valence-corrected chi connectivity index (χ4v) is 5.20. The molecule has 0 saturated carbocycles. The van der Waals surface area contributed by atoms with Crippen LogP contribution in [0.2, 0.25) is 0 Å². The van der Waals surface area contributed by atoms with Crippen molar-refractivity contribution in [1.82, 2.24) is 10.6 Å². The number of rotatable bonds is 11. The van der Waals surface area contributed by atoms with Crippen molar-refractivity contribution in [3.8, 4) is 11.1 Å². The normalized spacial score (nSPS) is 17.9. The standard InChI is InChI=1S/C24H27N3O7S/c25-17(24(33)34)9-10-19(28)27-18(23(32)26-11-20(29)30)12-35-22-16-8-4-2-6-14(16)13-5-1-3-7-15(13)21(22)31/h1-8,17-18,21-22,31H,9-12,25H2,(H,26,32)(H,27,28)(H,29,30)(H,33,34). The van der Waals surface area contributed by atoms with Gasteiger partial charge in [0, 0.05) is 12.2 Å². The van der Waals surface area contributed by atoms with Crippen LogP contribution in [0.4, 0.5) is 0 Å². The molecule has 35 heavy (non-hydrogen) atoms. The van der Waals surface area contributed by atoms with Crippen LogP contribution in [0.1, 0.15) is 35.3 Å². The Morgan fingerprint density at radius 3 is 2.20 bits per heavy atom. The molecule has 0 heterocycles. The molecule has 0 aromatic heterocycles. The van der Waals surface area contributed by atoms with Crippen LogP contribution in [0, 0.1) is 0 Å². The average Bonchev–Trinajstić information content (AvgIpc) is 2.84. The third-order valence-electron chi connectivity index (χ3n) is 5.63. The van der Waals surface area contributed by atoms with Crippen molar-refractivity contribution in [1.29, 1.82) is 0 Å². The number of aliphatic carboxylic acids is 2. The van der Waals surface area contributed by atoms with Crippen molar-refractivity contribution in [2.24, 2.45) is 5.73 Å². The molecule has 0 radical (unpaired) electrons. The van der Waals surface area contributed by atoms with Crippen molar-refractivity contribution in [3.63, 3.8) is 0 Å². The van der Waals surface area contributed by atoms with Crippen molar-refractivity contribution in [2.45, 2.75) is 36.3 Å². The summed E-state index contributed by atoms with van der Waals surface area (Å²) in [6.07, 6.45) is -1.20. The van der Waals surface area contributed by atoms with E-state index in [0.29, 0.717) is 0 Å². The number of thioether (sulfide) groups is 1. The number of carbonyl (C=O) groups excluding carboxylic acids is 2. The summed E-state index contributed by atoms with van der Waals surface area (Å²) in [6, 6.07) is 12.8. The molecule has 4 atom stereocenters. The zero-order valence-corrected chi connectivity index (χ0v) is 19.5. The van der Waals surface area contributed by atoms with Crippen LogP contribution >= 0.6 is 11.8 Å². The number of fused-ring (bicyclic) bond motifs is 3. The van der Waals surface area contributed by atoms with Gasteiger partial charge in [0.05, 0.1) is 11.4 Å². The minimum atomic E-state index is -1.24. The Morgan fingerprint density at radius 2 is 1.57 bits per heavy atom. The van der Waals surface area contributed by atoms with Gasteiger partial charge in [-0.2, -0.15) is 0 Å². The lowest BCUT2D eigenvalue weighted by Gasteiger charge is -2.33. The number of benzene rings is 2. The zero-order chi connectivity index (χ0) is 25.5. The summed E-state index contributed by atoms with van der Waals surface area (Å²) >= 11 is 1.26. The Kier molecular flexibility index (Phi) is 8.85. The SMILES string of the molecule is NC(CCC(=O)NC(CSC1c2ccccc2-c2ccccc2C1O)C(=O)NCC(=O)O)C(=O)O. The molecular weight excluding hydrogens is 474 g/mol. The molecule has 0 bridgehead atoms. The maximum atomic E-state index is 12.6. The maximum Gasteiger partial charge on any atom is 0.322 e. The monoisotopic (exact) mass is 501 g/mol. The first-order valence-electron chi connectivity index (χ1n) is 10.9. The Labute approximate surface area is 205 Å². The number of carboxylic acids is 2. The number of amides is 2. The zero-order valence-electron chi connectivity index (χ0n) is 18.7. The Bertz CT molecular complexity index is 1110. The van der Waals surface area contributed by atoms with E-state index in [-0.39, 0.29) is 18.6 Å². The number of aliphatic hydroxyl groups is 1. The lowest BCUT2D eigenvalue weighted by atomic mass is 9.83. The largest absolute Gasteiger partial charge is 0.480 e. The number of carbonyl (C=O) groups is 4. The lowest BCUT2D eigenvalue weighted by Crippen LogP contribution is -2.49. The molecule has 1 aliphatic carbocycles. The molecule has 186 valence electrons. The van der Waals surface area contributed by atoms with E-state index < -0.39 is 53.7 Å². The van der Waals surface area contributed by atoms with Gasteiger partial charge in [0.15, 0.2) is 0 Å². The predicted octanol–water partition coefficient (Wildman–Crippen LogP) is 1.05. The molecule has 11 heteroatoms. The van der Waals surface area contributed by atoms with Gasteiger partial charge in [0.1, 0.15) is 18.6 Å². The Balaban J connectivity index is 1.76. The van der Waals surface area contributed by atoms with Gasteiger partial charge in [-0.05, 0) is 28.7 Å². The molecule has 2 aromatic rings. The quantitative estimate of drug-likeness (QED) is 0.262. The van der Waals surface area contributed by atoms with E-state index in [2.05, 4.69) is 10.6 Å². The van der Waals surface area contributed by atoms with E-state index in [4.69, 9.17) is 15.9 Å². The van der Waals surface area contributed by atoms with Crippen LogP contribution in [-0.2, 0) is 19.2 Å². The van der Waals surface area contributed by atoms with E-state index in [1.807, 2.05) is 48.5 Å². The minimum absolute atomic E-state index is 0.0421. The Morgan fingerprint density at radius 1 is 0.971 bits per heavy atom. The first kappa shape index (κ1) is 26.2. The maximum absolute atomic E-state index is 12.6. The summed E-state index contributed by atoms with van der Waals surface area (Å²) < 4.78 is 0. The van der Waals surface area contributed by atoms with Gasteiger partial charge in [0.2, 0.25) is 11.8 Å². The highest BCUT2D eigenvalue weighted by atomic mass is 32.2. The van der Waals surface area contributed by atoms with Crippen LogP contribution in [-0.4, -0.2) is 63.5 Å². The summed E-state index contributed by atoms with van der Waals surface area (Å²) in [7, 11) is 0. The number of nitrogens with two attached hydrogens (primary N) is 1. The topological polar surface area (TPSA) is 179 Å². The van der Waals surface area contributed by atoms with Gasteiger partial charge < -0.3 is 31.7 Å². The molecule has 7 N–H and O–H groups in total. The number of aliphatic hydroxyl groups excluding tert-OH is 1. The minimum Gasteiger partial charge on any atom is -0.480 e. The highest BCUT2D eigenvalue weighted by Crippen LogP contribution is 2.50. The summed E-state index contributed by atoms with van der Waals surface area (Å²) in [5.41, 5.74) is 8.95. The highest BCUT2D eigenvalue weighted by Gasteiger charge is 2.34. The highest BCUT2D eigenvalue weighted by molar-refractivity contribution is 7.99. The smallest absolute Gasteiger partial charge is 0.322 e. The summed E-state index contributed by atoms with van der Waals surface area (Å²) in [5, 5.41) is 33.2. The van der Waals surface area contributed by atoms with Crippen LogP contribution in [0.5, 0.6) is 0 Å². The van der Waals surface area contributed by atoms with E-state index in [1.165, 1.54) is 11.8 Å². The molecule has 3 rings (SSSR count). The average molecular weight is 502 g/mol. The fraction of sp³-hybridized carbons (Fsp3) is 0.333. The third-order valence-corrected chi connectivity index (χ3v) is 7.03. The van der Waals surface area contributed by atoms with Crippen LogP contribution in [0.25, 0.3) is 11.1 Å². The van der Waals surface area contributed by atoms with E-state index in [9.17, 15) is 24.3 Å². The summed E-state index contributed by atoms with van der Waals surface area (Å²) in [5.74, 6) is -3.73. The molecule has 0 spiro atoms. The van der Waals surface area contributed by atoms with Crippen molar-refractivity contribution >= 4 is 35.5 Å². The predicted molar refractivity (Wildman–Crippen MR) is 129 cm³/mol. The fourth-order valence-electron chi connectivity index (χ4n) is 3.85. The van der Waals surface area contributed by atoms with Crippen LogP contribution in [0.15, 0.2) is 48.5 Å². The third kappa shape index (κ3) is 6.59. The van der Waals surface area contributed by atoms with E-state index in [1.54, 1.807) is 0 Å². The molecule has 0 saturated heterocycles. The molecule has 4 unspecified atom stereocenters. The van der Waals surface area contributed by atoms with Crippen molar-refractivity contribution < 1.29 is 34.5 Å². The van der Waals surface area contributed by atoms with E-state index in [0.717, 1.165) is 22.3 Å². The number of hydrogen-bond acceptors (Lipinski definition) is 7. The Hall–Kier alpha value is -3.41. The molecule has 0 fully saturated rings. The molecule has 2 aromatic carbocycles. The molecule has 0 aliphatic heterocycles. The molecular formula is C24H27N3O7S. The van der Waals surface area contributed by atoms with Crippen LogP contribution in [0.3, 0.4) is 0 Å². The van der Waals surface area contributed by atoms with Gasteiger partial charge in [-0.1, -0.05) is 48.5 Å².